The molecule has 0 saturated heterocycles. The zero-order chi connectivity index (χ0) is 12.3. The molecule has 0 spiro atoms. The van der Waals surface area contributed by atoms with Gasteiger partial charge in [0.15, 0.2) is 5.95 Å². The molecule has 1 rings (SSSR count). The topological polar surface area (TPSA) is 54.7 Å². The number of anilines is 1. The molecule has 0 radical (unpaired) electrons. The van der Waals surface area contributed by atoms with Crippen molar-refractivity contribution in [2.75, 3.05) is 5.73 Å². The average molecular weight is 274 g/mol. The van der Waals surface area contributed by atoms with E-state index >= 15 is 0 Å². The molecular weight excluding hydrogens is 246 g/mol. The van der Waals surface area contributed by atoms with E-state index in [9.17, 15) is 0 Å². The molecule has 3 N–H and O–H groups in total. The fourth-order valence-electron chi connectivity index (χ4n) is 2.13. The van der Waals surface area contributed by atoms with Crippen molar-refractivity contribution >= 4 is 18.4 Å². The highest BCUT2D eigenvalue weighted by atomic mass is 35.5. The predicted octanol–water partition coefficient (Wildman–Crippen LogP) is 4.49. The van der Waals surface area contributed by atoms with Crippen LogP contribution in [0.3, 0.4) is 0 Å². The second-order valence-corrected chi connectivity index (χ2v) is 4.87. The van der Waals surface area contributed by atoms with Crippen LogP contribution in [0.15, 0.2) is 6.20 Å². The SMILES string of the molecule is CCCCCCCCCCCc1cnc(N)[nH]1.Cl. The summed E-state index contributed by atoms with van der Waals surface area (Å²) >= 11 is 0. The standard InChI is InChI=1S/C14H27N3.ClH/c1-2-3-4-5-6-7-8-9-10-11-13-12-16-14(15)17-13;/h12H,2-11H2,1H3,(H3,15,16,17);1H. The molecule has 0 aliphatic heterocycles. The van der Waals surface area contributed by atoms with E-state index in [1.807, 2.05) is 6.20 Å². The van der Waals surface area contributed by atoms with Crippen LogP contribution < -0.4 is 5.73 Å². The zero-order valence-electron chi connectivity index (χ0n) is 11.6. The van der Waals surface area contributed by atoms with Crippen molar-refractivity contribution in [2.24, 2.45) is 0 Å². The van der Waals surface area contributed by atoms with Gasteiger partial charge < -0.3 is 10.7 Å². The third-order valence-corrected chi connectivity index (χ3v) is 3.20. The van der Waals surface area contributed by atoms with Crippen molar-refractivity contribution in [3.05, 3.63) is 11.9 Å². The molecule has 3 nitrogen and oxygen atoms in total. The second-order valence-electron chi connectivity index (χ2n) is 4.87. The van der Waals surface area contributed by atoms with Gasteiger partial charge in [0.2, 0.25) is 0 Å². The van der Waals surface area contributed by atoms with Crippen LogP contribution in [0.25, 0.3) is 0 Å². The third-order valence-electron chi connectivity index (χ3n) is 3.20. The molecule has 1 aromatic heterocycles. The van der Waals surface area contributed by atoms with Crippen LogP contribution in [0, 0.1) is 0 Å². The quantitative estimate of drug-likeness (QED) is 0.617. The number of hydrogen-bond donors (Lipinski definition) is 2. The van der Waals surface area contributed by atoms with Gasteiger partial charge in [0.25, 0.3) is 0 Å². The smallest absolute Gasteiger partial charge is 0.197 e. The number of nitrogens with two attached hydrogens (primary N) is 1. The van der Waals surface area contributed by atoms with Gasteiger partial charge in [-0.25, -0.2) is 4.98 Å². The molecule has 0 unspecified atom stereocenters. The van der Waals surface area contributed by atoms with Crippen molar-refractivity contribution in [3.63, 3.8) is 0 Å². The Bertz CT molecular complexity index is 286. The normalized spacial score (nSPS) is 10.3. The van der Waals surface area contributed by atoms with Gasteiger partial charge in [0.05, 0.1) is 6.20 Å². The lowest BCUT2D eigenvalue weighted by Gasteiger charge is -2.01. The second kappa shape index (κ2) is 11.4. The Kier molecular flexibility index (Phi) is 11.0. The molecule has 0 fully saturated rings. The van der Waals surface area contributed by atoms with E-state index in [4.69, 9.17) is 5.73 Å². The molecule has 0 saturated carbocycles. The van der Waals surface area contributed by atoms with E-state index in [2.05, 4.69) is 16.9 Å². The maximum Gasteiger partial charge on any atom is 0.197 e. The summed E-state index contributed by atoms with van der Waals surface area (Å²) < 4.78 is 0. The molecule has 0 aliphatic carbocycles. The summed E-state index contributed by atoms with van der Waals surface area (Å²) in [5, 5.41) is 0. The van der Waals surface area contributed by atoms with Crippen LogP contribution in [0.2, 0.25) is 0 Å². The van der Waals surface area contributed by atoms with Gasteiger partial charge in [-0.2, -0.15) is 0 Å². The summed E-state index contributed by atoms with van der Waals surface area (Å²) in [6.45, 7) is 2.27. The molecule has 4 heteroatoms. The molecule has 106 valence electrons. The Balaban J connectivity index is 0.00000289. The molecule has 18 heavy (non-hydrogen) atoms. The van der Waals surface area contributed by atoms with Gasteiger partial charge >= 0.3 is 0 Å². The molecule has 0 aliphatic rings. The number of nitrogens with zero attached hydrogens (tertiary/aromatic N) is 1. The maximum absolute atomic E-state index is 5.52. The Morgan fingerprint density at radius 2 is 1.56 bits per heavy atom. The number of halogens is 1. The largest absolute Gasteiger partial charge is 0.369 e. The Morgan fingerprint density at radius 1 is 1.00 bits per heavy atom. The molecule has 1 heterocycles. The number of unbranched alkanes of at least 4 members (excludes halogenated alkanes) is 8. The number of aromatic amines is 1. The predicted molar refractivity (Wildman–Crippen MR) is 81.2 cm³/mol. The van der Waals surface area contributed by atoms with E-state index in [1.165, 1.54) is 63.5 Å². The first-order chi connectivity index (χ1) is 8.33. The van der Waals surface area contributed by atoms with Crippen LogP contribution in [-0.4, -0.2) is 9.97 Å². The summed E-state index contributed by atoms with van der Waals surface area (Å²) in [4.78, 5) is 7.06. The van der Waals surface area contributed by atoms with Crippen LogP contribution in [0.4, 0.5) is 5.95 Å². The Labute approximate surface area is 117 Å². The first-order valence-electron chi connectivity index (χ1n) is 7.12. The lowest BCUT2D eigenvalue weighted by atomic mass is 10.1. The Hall–Kier alpha value is -0.700. The molecule has 0 bridgehead atoms. The minimum absolute atomic E-state index is 0. The summed E-state index contributed by atoms with van der Waals surface area (Å²) in [6, 6.07) is 0. The monoisotopic (exact) mass is 273 g/mol. The van der Waals surface area contributed by atoms with Crippen LogP contribution in [-0.2, 0) is 6.42 Å². The van der Waals surface area contributed by atoms with Crippen molar-refractivity contribution in [2.45, 2.75) is 71.1 Å². The van der Waals surface area contributed by atoms with E-state index in [-0.39, 0.29) is 12.4 Å². The van der Waals surface area contributed by atoms with Crippen molar-refractivity contribution in [1.82, 2.24) is 9.97 Å². The van der Waals surface area contributed by atoms with Gasteiger partial charge in [0.1, 0.15) is 0 Å². The van der Waals surface area contributed by atoms with Gasteiger partial charge in [-0.15, -0.1) is 12.4 Å². The molecule has 0 aromatic carbocycles. The van der Waals surface area contributed by atoms with E-state index < -0.39 is 0 Å². The summed E-state index contributed by atoms with van der Waals surface area (Å²) in [7, 11) is 0. The average Bonchev–Trinajstić information content (AvgIpc) is 2.73. The number of aromatic nitrogens is 2. The van der Waals surface area contributed by atoms with Crippen LogP contribution in [0.5, 0.6) is 0 Å². The van der Waals surface area contributed by atoms with Gasteiger partial charge in [-0.3, -0.25) is 0 Å². The van der Waals surface area contributed by atoms with Crippen LogP contribution >= 0.6 is 12.4 Å². The number of hydrogen-bond acceptors (Lipinski definition) is 2. The lowest BCUT2D eigenvalue weighted by Crippen LogP contribution is -1.89. The minimum atomic E-state index is 0. The highest BCUT2D eigenvalue weighted by Gasteiger charge is 1.97. The van der Waals surface area contributed by atoms with Gasteiger partial charge in [-0.1, -0.05) is 58.3 Å². The fraction of sp³-hybridized carbons (Fsp3) is 0.786. The first kappa shape index (κ1) is 17.3. The van der Waals surface area contributed by atoms with Crippen LogP contribution in [0.1, 0.15) is 70.4 Å². The first-order valence-corrected chi connectivity index (χ1v) is 7.12. The molecular formula is C14H28ClN3. The van der Waals surface area contributed by atoms with Crippen molar-refractivity contribution < 1.29 is 0 Å². The number of rotatable bonds is 10. The molecule has 0 atom stereocenters. The van der Waals surface area contributed by atoms with Gasteiger partial charge in [0, 0.05) is 5.69 Å². The number of imidazole rings is 1. The lowest BCUT2D eigenvalue weighted by molar-refractivity contribution is 0.564. The van der Waals surface area contributed by atoms with E-state index in [1.54, 1.807) is 0 Å². The zero-order valence-corrected chi connectivity index (χ0v) is 12.4. The van der Waals surface area contributed by atoms with E-state index in [0.29, 0.717) is 5.95 Å². The maximum atomic E-state index is 5.52. The highest BCUT2D eigenvalue weighted by molar-refractivity contribution is 5.85. The van der Waals surface area contributed by atoms with Crippen molar-refractivity contribution in [3.8, 4) is 0 Å². The Morgan fingerprint density at radius 3 is 2.06 bits per heavy atom. The number of nitrogen functional groups attached to an aromatic ring is 1. The molecule has 1 aromatic rings. The van der Waals surface area contributed by atoms with E-state index in [0.717, 1.165) is 6.42 Å². The number of nitrogens with one attached hydrogen (secondary N) is 1. The fourth-order valence-corrected chi connectivity index (χ4v) is 2.13. The summed E-state index contributed by atoms with van der Waals surface area (Å²) in [5.41, 5.74) is 6.69. The number of H-pyrrole nitrogens is 1. The molecule has 0 amide bonds. The minimum Gasteiger partial charge on any atom is -0.369 e. The summed E-state index contributed by atoms with van der Waals surface area (Å²) in [5.74, 6) is 0.538. The van der Waals surface area contributed by atoms with Gasteiger partial charge in [-0.05, 0) is 12.8 Å². The summed E-state index contributed by atoms with van der Waals surface area (Å²) in [6.07, 6.45) is 15.3. The third kappa shape index (κ3) is 8.40. The highest BCUT2D eigenvalue weighted by Crippen LogP contribution is 2.11. The number of aryl methyl sites for hydroxylation is 1. The van der Waals surface area contributed by atoms with Crippen molar-refractivity contribution in [1.29, 1.82) is 0 Å².